The summed E-state index contributed by atoms with van der Waals surface area (Å²) in [6.07, 6.45) is 0.829. The van der Waals surface area contributed by atoms with Crippen molar-refractivity contribution in [3.8, 4) is 11.5 Å². The predicted molar refractivity (Wildman–Crippen MR) is 71.1 cm³/mol. The highest BCUT2D eigenvalue weighted by molar-refractivity contribution is 6.33. The second kappa shape index (κ2) is 5.15. The van der Waals surface area contributed by atoms with Crippen LogP contribution in [0, 0.1) is 0 Å². The number of benzene rings is 1. The summed E-state index contributed by atoms with van der Waals surface area (Å²) in [7, 11) is 3.19. The number of methoxy groups -OCH3 is 2. The van der Waals surface area contributed by atoms with Gasteiger partial charge >= 0.3 is 0 Å². The quantitative estimate of drug-likeness (QED) is 0.901. The van der Waals surface area contributed by atoms with Crippen molar-refractivity contribution in [2.24, 2.45) is 5.73 Å². The molecule has 0 spiro atoms. The molecule has 1 rings (SSSR count). The zero-order chi connectivity index (χ0) is 13.2. The summed E-state index contributed by atoms with van der Waals surface area (Å²) < 4.78 is 10.7. The highest BCUT2D eigenvalue weighted by Gasteiger charge is 2.25. The number of rotatable bonds is 4. The number of aryl methyl sites for hydroxylation is 1. The number of hydrogen-bond acceptors (Lipinski definition) is 3. The van der Waals surface area contributed by atoms with Gasteiger partial charge in [-0.2, -0.15) is 0 Å². The van der Waals surface area contributed by atoms with E-state index >= 15 is 0 Å². The standard InChI is InChI=1S/C13H20ClNO2/c1-6-8-7-9(13(2,3)15)12(17-5)10(14)11(8)16-4/h7H,6,15H2,1-5H3. The van der Waals surface area contributed by atoms with Crippen LogP contribution in [0.15, 0.2) is 6.07 Å². The summed E-state index contributed by atoms with van der Waals surface area (Å²) in [5, 5.41) is 0.489. The number of nitrogens with two attached hydrogens (primary N) is 1. The summed E-state index contributed by atoms with van der Waals surface area (Å²) >= 11 is 6.30. The molecule has 0 fully saturated rings. The summed E-state index contributed by atoms with van der Waals surface area (Å²) in [4.78, 5) is 0. The fourth-order valence-corrected chi connectivity index (χ4v) is 2.21. The summed E-state index contributed by atoms with van der Waals surface area (Å²) in [5.41, 5.74) is 7.55. The van der Waals surface area contributed by atoms with Gasteiger partial charge in [0.05, 0.1) is 14.2 Å². The molecule has 1 aromatic carbocycles. The molecule has 17 heavy (non-hydrogen) atoms. The molecule has 96 valence electrons. The number of hydrogen-bond donors (Lipinski definition) is 1. The smallest absolute Gasteiger partial charge is 0.146 e. The van der Waals surface area contributed by atoms with E-state index in [2.05, 4.69) is 0 Å². The van der Waals surface area contributed by atoms with Crippen LogP contribution in [0.4, 0.5) is 0 Å². The van der Waals surface area contributed by atoms with E-state index in [-0.39, 0.29) is 0 Å². The van der Waals surface area contributed by atoms with Gasteiger partial charge < -0.3 is 15.2 Å². The van der Waals surface area contributed by atoms with Crippen LogP contribution in [-0.4, -0.2) is 14.2 Å². The van der Waals surface area contributed by atoms with Gasteiger partial charge in [-0.3, -0.25) is 0 Å². The Balaban J connectivity index is 3.57. The molecular formula is C13H20ClNO2. The van der Waals surface area contributed by atoms with Crippen molar-refractivity contribution in [2.75, 3.05) is 14.2 Å². The van der Waals surface area contributed by atoms with E-state index in [0.29, 0.717) is 16.5 Å². The minimum Gasteiger partial charge on any atom is -0.495 e. The Bertz CT molecular complexity index is 411. The molecule has 0 heterocycles. The van der Waals surface area contributed by atoms with Gasteiger partial charge in [0.1, 0.15) is 16.5 Å². The third kappa shape index (κ3) is 2.67. The molecule has 0 aliphatic carbocycles. The van der Waals surface area contributed by atoms with Gasteiger partial charge in [-0.1, -0.05) is 18.5 Å². The van der Waals surface area contributed by atoms with Crippen molar-refractivity contribution < 1.29 is 9.47 Å². The Morgan fingerprint density at radius 2 is 1.76 bits per heavy atom. The van der Waals surface area contributed by atoms with Crippen molar-refractivity contribution in [3.05, 3.63) is 22.2 Å². The monoisotopic (exact) mass is 257 g/mol. The Morgan fingerprint density at radius 3 is 2.12 bits per heavy atom. The highest BCUT2D eigenvalue weighted by Crippen LogP contribution is 2.43. The lowest BCUT2D eigenvalue weighted by Gasteiger charge is -2.25. The first-order valence-corrected chi connectivity index (χ1v) is 5.97. The maximum atomic E-state index is 6.30. The summed E-state index contributed by atoms with van der Waals surface area (Å²) in [6, 6.07) is 2.00. The van der Waals surface area contributed by atoms with Crippen LogP contribution in [0.5, 0.6) is 11.5 Å². The van der Waals surface area contributed by atoms with Crippen molar-refractivity contribution in [1.82, 2.24) is 0 Å². The normalized spacial score (nSPS) is 11.5. The zero-order valence-electron chi connectivity index (χ0n) is 11.1. The van der Waals surface area contributed by atoms with Crippen LogP contribution in [0.3, 0.4) is 0 Å². The van der Waals surface area contributed by atoms with E-state index in [4.69, 9.17) is 26.8 Å². The SMILES string of the molecule is CCc1cc(C(C)(C)N)c(OC)c(Cl)c1OC. The van der Waals surface area contributed by atoms with Gasteiger partial charge in [0, 0.05) is 11.1 Å². The average Bonchev–Trinajstić information content (AvgIpc) is 2.26. The zero-order valence-corrected chi connectivity index (χ0v) is 11.8. The van der Waals surface area contributed by atoms with Gasteiger partial charge in [-0.25, -0.2) is 0 Å². The molecular weight excluding hydrogens is 238 g/mol. The summed E-state index contributed by atoms with van der Waals surface area (Å²) in [5.74, 6) is 1.26. The molecule has 3 nitrogen and oxygen atoms in total. The van der Waals surface area contributed by atoms with Crippen molar-refractivity contribution in [1.29, 1.82) is 0 Å². The molecule has 0 aliphatic rings. The molecule has 0 unspecified atom stereocenters. The van der Waals surface area contributed by atoms with Gasteiger partial charge in [0.25, 0.3) is 0 Å². The molecule has 0 aliphatic heterocycles. The second-order valence-corrected chi connectivity index (χ2v) is 4.92. The van der Waals surface area contributed by atoms with Crippen LogP contribution in [-0.2, 0) is 12.0 Å². The lowest BCUT2D eigenvalue weighted by molar-refractivity contribution is 0.379. The molecule has 0 saturated heterocycles. The van der Waals surface area contributed by atoms with Crippen molar-refractivity contribution in [3.63, 3.8) is 0 Å². The fourth-order valence-electron chi connectivity index (χ4n) is 1.83. The first-order valence-electron chi connectivity index (χ1n) is 5.59. The van der Waals surface area contributed by atoms with Crippen LogP contribution < -0.4 is 15.2 Å². The first-order chi connectivity index (χ1) is 7.86. The Labute approximate surface area is 108 Å². The van der Waals surface area contributed by atoms with Gasteiger partial charge in [0.2, 0.25) is 0 Å². The minimum absolute atomic E-state index is 0.489. The molecule has 0 amide bonds. The molecule has 1 aromatic rings. The van der Waals surface area contributed by atoms with E-state index in [1.807, 2.05) is 26.8 Å². The Hall–Kier alpha value is -0.930. The highest BCUT2D eigenvalue weighted by atomic mass is 35.5. The topological polar surface area (TPSA) is 44.5 Å². The first kappa shape index (κ1) is 14.1. The maximum Gasteiger partial charge on any atom is 0.146 e. The molecule has 0 radical (unpaired) electrons. The Kier molecular flexibility index (Phi) is 4.28. The van der Waals surface area contributed by atoms with Crippen molar-refractivity contribution >= 4 is 11.6 Å². The minimum atomic E-state index is -0.509. The molecule has 0 saturated carbocycles. The van der Waals surface area contributed by atoms with E-state index in [9.17, 15) is 0 Å². The fraction of sp³-hybridized carbons (Fsp3) is 0.538. The van der Waals surface area contributed by atoms with Crippen LogP contribution in [0.1, 0.15) is 31.9 Å². The van der Waals surface area contributed by atoms with E-state index in [0.717, 1.165) is 17.5 Å². The largest absolute Gasteiger partial charge is 0.495 e. The lowest BCUT2D eigenvalue weighted by Crippen LogP contribution is -2.29. The number of ether oxygens (including phenoxy) is 2. The van der Waals surface area contributed by atoms with Crippen LogP contribution in [0.25, 0.3) is 0 Å². The summed E-state index contributed by atoms with van der Waals surface area (Å²) in [6.45, 7) is 5.90. The second-order valence-electron chi connectivity index (χ2n) is 4.54. The molecule has 4 heteroatoms. The average molecular weight is 258 g/mol. The lowest BCUT2D eigenvalue weighted by atomic mass is 9.92. The van der Waals surface area contributed by atoms with E-state index < -0.39 is 5.54 Å². The van der Waals surface area contributed by atoms with Crippen LogP contribution in [0.2, 0.25) is 5.02 Å². The Morgan fingerprint density at radius 1 is 1.24 bits per heavy atom. The third-order valence-electron chi connectivity index (χ3n) is 2.74. The van der Waals surface area contributed by atoms with E-state index in [1.54, 1.807) is 14.2 Å². The number of halogens is 1. The molecule has 2 N–H and O–H groups in total. The van der Waals surface area contributed by atoms with Crippen LogP contribution >= 0.6 is 11.6 Å². The van der Waals surface area contributed by atoms with Gasteiger partial charge in [-0.05, 0) is 31.9 Å². The van der Waals surface area contributed by atoms with Crippen molar-refractivity contribution in [2.45, 2.75) is 32.7 Å². The molecule has 0 bridgehead atoms. The van der Waals surface area contributed by atoms with Gasteiger partial charge in [-0.15, -0.1) is 0 Å². The third-order valence-corrected chi connectivity index (χ3v) is 3.08. The molecule has 0 atom stereocenters. The van der Waals surface area contributed by atoms with E-state index in [1.165, 1.54) is 0 Å². The predicted octanol–water partition coefficient (Wildman–Crippen LogP) is 3.11. The van der Waals surface area contributed by atoms with Gasteiger partial charge in [0.15, 0.2) is 0 Å². The molecule has 0 aromatic heterocycles. The maximum absolute atomic E-state index is 6.30.